The van der Waals surface area contributed by atoms with Gasteiger partial charge >= 0.3 is 0 Å². The Morgan fingerprint density at radius 2 is 1.77 bits per heavy atom. The number of rotatable bonds is 3. The Kier molecular flexibility index (Phi) is 3.76. The molecule has 1 aromatic rings. The zero-order chi connectivity index (χ0) is 9.90. The second-order valence-corrected chi connectivity index (χ2v) is 5.92. The Hall–Kier alpha value is -0.0600. The maximum Gasteiger partial charge on any atom is 0.236 e. The van der Waals surface area contributed by atoms with Gasteiger partial charge in [0.1, 0.15) is 0 Å². The maximum absolute atomic E-state index is 10.8. The normalized spacial score (nSPS) is 11.5. The van der Waals surface area contributed by atoms with Gasteiger partial charge in [-0.3, -0.25) is 0 Å². The lowest BCUT2D eigenvalue weighted by molar-refractivity contribution is 0.608. The SMILES string of the molecule is O=S(=O)(Cl)Cc1ccccc1CBr. The standard InChI is InChI=1S/C8H8BrClO2S/c9-5-7-3-1-2-4-8(7)6-13(10,11)12/h1-4H,5-6H2. The minimum absolute atomic E-state index is 0.115. The fourth-order valence-corrected chi connectivity index (χ4v) is 2.57. The van der Waals surface area contributed by atoms with Gasteiger partial charge in [-0.2, -0.15) is 0 Å². The third kappa shape index (κ3) is 3.67. The summed E-state index contributed by atoms with van der Waals surface area (Å²) in [5.74, 6) is -0.115. The van der Waals surface area contributed by atoms with Gasteiger partial charge in [-0.1, -0.05) is 40.2 Å². The van der Waals surface area contributed by atoms with Crippen molar-refractivity contribution >= 4 is 35.7 Å². The molecule has 0 aliphatic rings. The highest BCUT2D eigenvalue weighted by Crippen LogP contribution is 2.16. The number of halogens is 2. The maximum atomic E-state index is 10.8. The van der Waals surface area contributed by atoms with Gasteiger partial charge in [0.15, 0.2) is 0 Å². The van der Waals surface area contributed by atoms with E-state index in [-0.39, 0.29) is 5.75 Å². The van der Waals surface area contributed by atoms with Crippen molar-refractivity contribution in [1.29, 1.82) is 0 Å². The van der Waals surface area contributed by atoms with Crippen LogP contribution in [0.5, 0.6) is 0 Å². The van der Waals surface area contributed by atoms with Gasteiger partial charge < -0.3 is 0 Å². The number of hydrogen-bond acceptors (Lipinski definition) is 2. The van der Waals surface area contributed by atoms with Crippen LogP contribution < -0.4 is 0 Å². The Bertz CT molecular complexity index is 389. The van der Waals surface area contributed by atoms with Crippen LogP contribution >= 0.6 is 26.6 Å². The Labute approximate surface area is 90.5 Å². The van der Waals surface area contributed by atoms with E-state index in [1.54, 1.807) is 12.1 Å². The van der Waals surface area contributed by atoms with E-state index in [0.717, 1.165) is 11.1 Å². The molecule has 0 aliphatic heterocycles. The first-order chi connectivity index (χ1) is 6.03. The van der Waals surface area contributed by atoms with E-state index in [9.17, 15) is 8.42 Å². The van der Waals surface area contributed by atoms with Crippen molar-refractivity contribution in [2.24, 2.45) is 0 Å². The van der Waals surface area contributed by atoms with Gasteiger partial charge in [0.2, 0.25) is 9.05 Å². The first kappa shape index (κ1) is 11.0. The minimum atomic E-state index is -3.46. The zero-order valence-corrected chi connectivity index (χ0v) is 9.86. The highest BCUT2D eigenvalue weighted by Gasteiger charge is 2.09. The molecule has 0 amide bonds. The summed E-state index contributed by atoms with van der Waals surface area (Å²) in [6.07, 6.45) is 0. The molecule has 72 valence electrons. The fourth-order valence-electron chi connectivity index (χ4n) is 1.01. The summed E-state index contributed by atoms with van der Waals surface area (Å²) in [7, 11) is 1.70. The van der Waals surface area contributed by atoms with Gasteiger partial charge in [-0.05, 0) is 11.1 Å². The lowest BCUT2D eigenvalue weighted by Gasteiger charge is -2.03. The largest absolute Gasteiger partial charge is 0.236 e. The quantitative estimate of drug-likeness (QED) is 0.631. The monoisotopic (exact) mass is 282 g/mol. The molecular formula is C8H8BrClO2S. The van der Waals surface area contributed by atoms with Crippen LogP contribution in [-0.4, -0.2) is 8.42 Å². The third-order valence-corrected chi connectivity index (χ3v) is 3.18. The first-order valence-electron chi connectivity index (χ1n) is 3.58. The number of hydrogen-bond donors (Lipinski definition) is 0. The summed E-state index contributed by atoms with van der Waals surface area (Å²) >= 11 is 3.28. The summed E-state index contributed by atoms with van der Waals surface area (Å²) < 4.78 is 21.6. The van der Waals surface area contributed by atoms with Crippen LogP contribution in [0.25, 0.3) is 0 Å². The number of benzene rings is 1. The predicted molar refractivity (Wildman–Crippen MR) is 57.5 cm³/mol. The van der Waals surface area contributed by atoms with Gasteiger partial charge in [0, 0.05) is 16.0 Å². The summed E-state index contributed by atoms with van der Waals surface area (Å²) in [6, 6.07) is 7.28. The van der Waals surface area contributed by atoms with Gasteiger partial charge in [-0.25, -0.2) is 8.42 Å². The topological polar surface area (TPSA) is 34.1 Å². The summed E-state index contributed by atoms with van der Waals surface area (Å²) in [6.45, 7) is 0. The lowest BCUT2D eigenvalue weighted by Crippen LogP contribution is -1.98. The van der Waals surface area contributed by atoms with Crippen LogP contribution in [0.3, 0.4) is 0 Å². The van der Waals surface area contributed by atoms with Crippen molar-refractivity contribution in [1.82, 2.24) is 0 Å². The van der Waals surface area contributed by atoms with Crippen molar-refractivity contribution in [3.63, 3.8) is 0 Å². The van der Waals surface area contributed by atoms with Crippen molar-refractivity contribution in [3.8, 4) is 0 Å². The van der Waals surface area contributed by atoms with E-state index in [4.69, 9.17) is 10.7 Å². The van der Waals surface area contributed by atoms with E-state index >= 15 is 0 Å². The molecule has 1 rings (SSSR count). The van der Waals surface area contributed by atoms with E-state index in [0.29, 0.717) is 5.33 Å². The molecule has 0 unspecified atom stereocenters. The summed E-state index contributed by atoms with van der Waals surface area (Å²) in [4.78, 5) is 0. The Morgan fingerprint density at radius 1 is 1.23 bits per heavy atom. The third-order valence-electron chi connectivity index (χ3n) is 1.59. The predicted octanol–water partition coefficient (Wildman–Crippen LogP) is 2.65. The van der Waals surface area contributed by atoms with Crippen molar-refractivity contribution in [2.75, 3.05) is 0 Å². The lowest BCUT2D eigenvalue weighted by atomic mass is 10.1. The van der Waals surface area contributed by atoms with Crippen molar-refractivity contribution < 1.29 is 8.42 Å². The van der Waals surface area contributed by atoms with Crippen LogP contribution in [0, 0.1) is 0 Å². The number of alkyl halides is 1. The minimum Gasteiger partial charge on any atom is -0.212 e. The highest BCUT2D eigenvalue weighted by atomic mass is 79.9. The van der Waals surface area contributed by atoms with Gasteiger partial charge in [0.25, 0.3) is 0 Å². The molecule has 5 heteroatoms. The van der Waals surface area contributed by atoms with Crippen LogP contribution in [0.15, 0.2) is 24.3 Å². The molecule has 0 saturated carbocycles. The molecule has 2 nitrogen and oxygen atoms in total. The smallest absolute Gasteiger partial charge is 0.212 e. The molecule has 0 atom stereocenters. The second kappa shape index (κ2) is 4.44. The average Bonchev–Trinajstić information content (AvgIpc) is 2.02. The van der Waals surface area contributed by atoms with E-state index in [2.05, 4.69) is 15.9 Å². The van der Waals surface area contributed by atoms with Crippen LogP contribution in [0.2, 0.25) is 0 Å². The van der Waals surface area contributed by atoms with Gasteiger partial charge in [-0.15, -0.1) is 0 Å². The molecule has 0 aliphatic carbocycles. The van der Waals surface area contributed by atoms with Crippen LogP contribution in [0.4, 0.5) is 0 Å². The van der Waals surface area contributed by atoms with Crippen LogP contribution in [0.1, 0.15) is 11.1 Å². The molecule has 0 bridgehead atoms. The van der Waals surface area contributed by atoms with E-state index < -0.39 is 9.05 Å². The second-order valence-electron chi connectivity index (χ2n) is 2.59. The highest BCUT2D eigenvalue weighted by molar-refractivity contribution is 9.08. The fraction of sp³-hybridized carbons (Fsp3) is 0.250. The molecule has 0 N–H and O–H groups in total. The molecule has 1 aromatic carbocycles. The average molecular weight is 284 g/mol. The molecule has 13 heavy (non-hydrogen) atoms. The molecule has 0 spiro atoms. The molecule has 0 saturated heterocycles. The van der Waals surface area contributed by atoms with E-state index in [1.807, 2.05) is 12.1 Å². The van der Waals surface area contributed by atoms with E-state index in [1.165, 1.54) is 0 Å². The Balaban J connectivity index is 3.01. The molecule has 0 fully saturated rings. The molecule has 0 aromatic heterocycles. The molecule has 0 heterocycles. The van der Waals surface area contributed by atoms with Crippen LogP contribution in [-0.2, 0) is 20.1 Å². The zero-order valence-electron chi connectivity index (χ0n) is 6.70. The van der Waals surface area contributed by atoms with Crippen molar-refractivity contribution in [3.05, 3.63) is 35.4 Å². The van der Waals surface area contributed by atoms with Crippen molar-refractivity contribution in [2.45, 2.75) is 11.1 Å². The first-order valence-corrected chi connectivity index (χ1v) is 7.18. The molecular weight excluding hydrogens is 276 g/mol. The molecule has 0 radical (unpaired) electrons. The summed E-state index contributed by atoms with van der Waals surface area (Å²) in [5, 5.41) is 0.635. The Morgan fingerprint density at radius 3 is 2.23 bits per heavy atom. The summed E-state index contributed by atoms with van der Waals surface area (Å²) in [5.41, 5.74) is 1.70. The van der Waals surface area contributed by atoms with Gasteiger partial charge in [0.05, 0.1) is 5.75 Å².